The second kappa shape index (κ2) is 7.15. The molecule has 0 amide bonds. The van der Waals surface area contributed by atoms with E-state index in [-0.39, 0.29) is 0 Å². The zero-order valence-electron chi connectivity index (χ0n) is 12.6. The lowest BCUT2D eigenvalue weighted by Gasteiger charge is -2.33. The smallest absolute Gasteiger partial charge is 0.228 e. The maximum Gasteiger partial charge on any atom is 0.228 e. The average molecular weight is 283 g/mol. The monoisotopic (exact) mass is 283 g/mol. The largest absolute Gasteiger partial charge is 0.381 e. The molecule has 1 saturated heterocycles. The van der Waals surface area contributed by atoms with Crippen LogP contribution < -0.4 is 5.32 Å². The molecule has 6 nitrogen and oxygen atoms in total. The van der Waals surface area contributed by atoms with E-state index in [0.717, 1.165) is 25.7 Å². The van der Waals surface area contributed by atoms with Crippen molar-refractivity contribution in [1.29, 1.82) is 0 Å². The first-order valence-corrected chi connectivity index (χ1v) is 7.46. The molecule has 1 N–H and O–H groups in total. The number of aromatic nitrogens is 2. The highest BCUT2D eigenvalue weighted by Crippen LogP contribution is 2.34. The van der Waals surface area contributed by atoms with Gasteiger partial charge in [0.2, 0.25) is 11.7 Å². The van der Waals surface area contributed by atoms with E-state index in [2.05, 4.69) is 22.4 Å². The Kier molecular flexibility index (Phi) is 5.51. The highest BCUT2D eigenvalue weighted by atomic mass is 16.5. The molecule has 0 aromatic carbocycles. The normalized spacial score (nSPS) is 19.9. The summed E-state index contributed by atoms with van der Waals surface area (Å²) in [7, 11) is 1.95. The number of ether oxygens (including phenoxy) is 2. The van der Waals surface area contributed by atoms with Gasteiger partial charge in [0.05, 0.1) is 0 Å². The second-order valence-corrected chi connectivity index (χ2v) is 5.15. The van der Waals surface area contributed by atoms with E-state index in [1.165, 1.54) is 0 Å². The van der Waals surface area contributed by atoms with Crippen LogP contribution in [0, 0.1) is 0 Å². The van der Waals surface area contributed by atoms with Crippen molar-refractivity contribution < 1.29 is 14.0 Å². The molecule has 0 spiro atoms. The Morgan fingerprint density at radius 1 is 1.35 bits per heavy atom. The van der Waals surface area contributed by atoms with E-state index in [1.807, 2.05) is 14.0 Å². The van der Waals surface area contributed by atoms with Gasteiger partial charge < -0.3 is 19.3 Å². The summed E-state index contributed by atoms with van der Waals surface area (Å²) in [5.41, 5.74) is -0.434. The summed E-state index contributed by atoms with van der Waals surface area (Å²) in [4.78, 5) is 4.56. The average Bonchev–Trinajstić information content (AvgIpc) is 2.95. The molecule has 1 aromatic heterocycles. The Balaban J connectivity index is 2.12. The van der Waals surface area contributed by atoms with Crippen LogP contribution in [-0.4, -0.2) is 43.1 Å². The summed E-state index contributed by atoms with van der Waals surface area (Å²) < 4.78 is 16.8. The molecule has 2 rings (SSSR count). The SMILES string of the molecule is CCOC1(c2noc(CC(CC)NC)n2)CCOCC1. The number of nitrogens with one attached hydrogen (secondary N) is 1. The molecule has 1 unspecified atom stereocenters. The van der Waals surface area contributed by atoms with Gasteiger partial charge in [-0.3, -0.25) is 0 Å². The summed E-state index contributed by atoms with van der Waals surface area (Å²) in [5.74, 6) is 1.34. The van der Waals surface area contributed by atoms with E-state index in [4.69, 9.17) is 14.0 Å². The van der Waals surface area contributed by atoms with Gasteiger partial charge in [-0.15, -0.1) is 0 Å². The summed E-state index contributed by atoms with van der Waals surface area (Å²) in [6.45, 7) is 6.12. The minimum atomic E-state index is -0.434. The Labute approximate surface area is 120 Å². The third kappa shape index (κ3) is 3.37. The van der Waals surface area contributed by atoms with Gasteiger partial charge in [-0.1, -0.05) is 12.1 Å². The maximum absolute atomic E-state index is 5.95. The molecule has 114 valence electrons. The highest BCUT2D eigenvalue weighted by molar-refractivity contribution is 5.03. The minimum absolute atomic E-state index is 0.362. The van der Waals surface area contributed by atoms with Crippen LogP contribution in [0.4, 0.5) is 0 Å². The Morgan fingerprint density at radius 3 is 2.70 bits per heavy atom. The lowest BCUT2D eigenvalue weighted by atomic mass is 9.93. The van der Waals surface area contributed by atoms with E-state index >= 15 is 0 Å². The molecule has 0 radical (unpaired) electrons. The molecule has 6 heteroatoms. The van der Waals surface area contributed by atoms with E-state index in [0.29, 0.717) is 37.6 Å². The Bertz CT molecular complexity index is 393. The second-order valence-electron chi connectivity index (χ2n) is 5.15. The van der Waals surface area contributed by atoms with Crippen LogP contribution in [0.25, 0.3) is 0 Å². The van der Waals surface area contributed by atoms with Crippen LogP contribution in [0.3, 0.4) is 0 Å². The van der Waals surface area contributed by atoms with Crippen LogP contribution in [0.15, 0.2) is 4.52 Å². The summed E-state index contributed by atoms with van der Waals surface area (Å²) >= 11 is 0. The van der Waals surface area contributed by atoms with Gasteiger partial charge in [0, 0.05) is 45.1 Å². The third-order valence-corrected chi connectivity index (χ3v) is 3.92. The maximum atomic E-state index is 5.95. The van der Waals surface area contributed by atoms with E-state index < -0.39 is 5.60 Å². The van der Waals surface area contributed by atoms with Crippen LogP contribution in [-0.2, 0) is 21.5 Å². The van der Waals surface area contributed by atoms with Gasteiger partial charge in [0.25, 0.3) is 0 Å². The number of rotatable bonds is 7. The van der Waals surface area contributed by atoms with Crippen molar-refractivity contribution in [3.63, 3.8) is 0 Å². The van der Waals surface area contributed by atoms with Crippen molar-refractivity contribution in [1.82, 2.24) is 15.5 Å². The molecule has 1 aliphatic rings. The van der Waals surface area contributed by atoms with Crippen LogP contribution >= 0.6 is 0 Å². The lowest BCUT2D eigenvalue weighted by Crippen LogP contribution is -2.37. The molecule has 1 atom stereocenters. The summed E-state index contributed by atoms with van der Waals surface area (Å²) in [6, 6.07) is 0.362. The topological polar surface area (TPSA) is 69.4 Å². The molecule has 1 aliphatic heterocycles. The molecule has 20 heavy (non-hydrogen) atoms. The molecule has 1 fully saturated rings. The zero-order chi connectivity index (χ0) is 14.4. The van der Waals surface area contributed by atoms with Gasteiger partial charge in [0.1, 0.15) is 5.60 Å². The molecule has 1 aromatic rings. The van der Waals surface area contributed by atoms with Crippen LogP contribution in [0.1, 0.15) is 44.8 Å². The van der Waals surface area contributed by atoms with Crippen molar-refractivity contribution in [2.45, 2.75) is 51.2 Å². The predicted octanol–water partition coefficient (Wildman–Crippen LogP) is 1.65. The first kappa shape index (κ1) is 15.4. The van der Waals surface area contributed by atoms with Crippen LogP contribution in [0.5, 0.6) is 0 Å². The summed E-state index contributed by atoms with van der Waals surface area (Å²) in [6.07, 6.45) is 3.34. The summed E-state index contributed by atoms with van der Waals surface area (Å²) in [5, 5.41) is 7.40. The fraction of sp³-hybridized carbons (Fsp3) is 0.857. The van der Waals surface area contributed by atoms with E-state index in [1.54, 1.807) is 0 Å². The molecule has 0 saturated carbocycles. The van der Waals surface area contributed by atoms with Crippen molar-refractivity contribution >= 4 is 0 Å². The van der Waals surface area contributed by atoms with E-state index in [9.17, 15) is 0 Å². The zero-order valence-corrected chi connectivity index (χ0v) is 12.6. The number of nitrogens with zero attached hydrogens (tertiary/aromatic N) is 2. The van der Waals surface area contributed by atoms with Gasteiger partial charge in [0.15, 0.2) is 0 Å². The molecular formula is C14H25N3O3. The molecular weight excluding hydrogens is 258 g/mol. The fourth-order valence-corrected chi connectivity index (χ4v) is 2.59. The molecule has 2 heterocycles. The lowest BCUT2D eigenvalue weighted by molar-refractivity contribution is -0.118. The van der Waals surface area contributed by atoms with Crippen molar-refractivity contribution in [2.75, 3.05) is 26.9 Å². The van der Waals surface area contributed by atoms with Crippen molar-refractivity contribution in [2.24, 2.45) is 0 Å². The highest BCUT2D eigenvalue weighted by Gasteiger charge is 2.39. The predicted molar refractivity (Wildman–Crippen MR) is 74.5 cm³/mol. The minimum Gasteiger partial charge on any atom is -0.381 e. The van der Waals surface area contributed by atoms with Crippen molar-refractivity contribution in [3.05, 3.63) is 11.7 Å². The standard InChI is InChI=1S/C14H25N3O3/c1-4-11(15-3)10-12-16-13(17-20-12)14(19-5-2)6-8-18-9-7-14/h11,15H,4-10H2,1-3H3. The first-order valence-electron chi connectivity index (χ1n) is 7.46. The Morgan fingerprint density at radius 2 is 2.10 bits per heavy atom. The first-order chi connectivity index (χ1) is 9.74. The third-order valence-electron chi connectivity index (χ3n) is 3.92. The van der Waals surface area contributed by atoms with Gasteiger partial charge in [-0.05, 0) is 20.4 Å². The number of likely N-dealkylation sites (N-methyl/N-ethyl adjacent to an activating group) is 1. The fourth-order valence-electron chi connectivity index (χ4n) is 2.59. The quantitative estimate of drug-likeness (QED) is 0.820. The number of hydrogen-bond donors (Lipinski definition) is 1. The molecule has 0 bridgehead atoms. The number of hydrogen-bond acceptors (Lipinski definition) is 6. The van der Waals surface area contributed by atoms with Gasteiger partial charge >= 0.3 is 0 Å². The molecule has 0 aliphatic carbocycles. The van der Waals surface area contributed by atoms with Gasteiger partial charge in [-0.25, -0.2) is 0 Å². The van der Waals surface area contributed by atoms with Crippen molar-refractivity contribution in [3.8, 4) is 0 Å². The van der Waals surface area contributed by atoms with Gasteiger partial charge in [-0.2, -0.15) is 4.98 Å². The Hall–Kier alpha value is -0.980. The van der Waals surface area contributed by atoms with Crippen LogP contribution in [0.2, 0.25) is 0 Å².